The molecule has 5 rings (SSSR count). The molecule has 1 fully saturated rings. The van der Waals surface area contributed by atoms with Crippen LogP contribution in [0.15, 0.2) is 54.6 Å². The maximum Gasteiger partial charge on any atom is 0.340 e. The number of esters is 1. The van der Waals surface area contributed by atoms with E-state index in [9.17, 15) is 9.59 Å². The van der Waals surface area contributed by atoms with Gasteiger partial charge in [0.15, 0.2) is 0 Å². The number of carbonyl (C=O) groups excluding carboxylic acids is 2. The van der Waals surface area contributed by atoms with Crippen molar-refractivity contribution in [1.29, 1.82) is 0 Å². The van der Waals surface area contributed by atoms with Crippen LogP contribution in [0.3, 0.4) is 0 Å². The number of aryl methyl sites for hydroxylation is 1. The molecule has 0 spiro atoms. The van der Waals surface area contributed by atoms with E-state index in [-0.39, 0.29) is 5.91 Å². The van der Waals surface area contributed by atoms with E-state index < -0.39 is 12.1 Å². The molecule has 2 aromatic carbocycles. The van der Waals surface area contributed by atoms with Gasteiger partial charge in [-0.25, -0.2) is 4.79 Å². The normalized spacial score (nSPS) is 16.7. The first-order chi connectivity index (χ1) is 15.2. The van der Waals surface area contributed by atoms with Gasteiger partial charge < -0.3 is 14.4 Å². The van der Waals surface area contributed by atoms with Crippen molar-refractivity contribution in [2.45, 2.75) is 25.4 Å². The summed E-state index contributed by atoms with van der Waals surface area (Å²) in [5, 5.41) is 0.777. The standard InChI is InChI=1S/C25H24N2O4/c28-24(27-13-15-30-16-14-27)23(17-7-2-1-3-8-17)31-25(29)22-18-9-4-5-11-20(18)26-21-12-6-10-19(21)22/h1-5,7-9,11,23H,6,10,12-16H2/t23-/m0/s1. The molecule has 0 radical (unpaired) electrons. The first-order valence-corrected chi connectivity index (χ1v) is 10.8. The molecule has 2 aliphatic rings. The van der Waals surface area contributed by atoms with E-state index in [2.05, 4.69) is 0 Å². The molecule has 1 amide bonds. The molecule has 6 heteroatoms. The van der Waals surface area contributed by atoms with Gasteiger partial charge in [0.05, 0.1) is 24.3 Å². The van der Waals surface area contributed by atoms with Crippen LogP contribution in [-0.2, 0) is 27.1 Å². The van der Waals surface area contributed by atoms with Gasteiger partial charge in [0.25, 0.3) is 5.91 Å². The molecule has 0 N–H and O–H groups in total. The van der Waals surface area contributed by atoms with Crippen molar-refractivity contribution in [3.8, 4) is 0 Å². The van der Waals surface area contributed by atoms with E-state index in [0.717, 1.165) is 41.4 Å². The van der Waals surface area contributed by atoms with E-state index in [1.54, 1.807) is 4.90 Å². The highest BCUT2D eigenvalue weighted by molar-refractivity contribution is 6.06. The average molecular weight is 416 g/mol. The Hall–Kier alpha value is -3.25. The SMILES string of the molecule is O=C(O[C@H](C(=O)N1CCOCC1)c1ccccc1)c1c2c(nc3ccccc13)CCC2. The third-order valence-electron chi connectivity index (χ3n) is 6.00. The van der Waals surface area contributed by atoms with Gasteiger partial charge in [-0.15, -0.1) is 0 Å². The smallest absolute Gasteiger partial charge is 0.340 e. The van der Waals surface area contributed by atoms with Crippen molar-refractivity contribution >= 4 is 22.8 Å². The Kier molecular flexibility index (Phi) is 5.38. The zero-order valence-corrected chi connectivity index (χ0v) is 17.3. The molecule has 1 aliphatic carbocycles. The molecule has 0 bridgehead atoms. The molecule has 31 heavy (non-hydrogen) atoms. The van der Waals surface area contributed by atoms with Gasteiger partial charge in [0.1, 0.15) is 0 Å². The monoisotopic (exact) mass is 416 g/mol. The number of para-hydroxylation sites is 1. The summed E-state index contributed by atoms with van der Waals surface area (Å²) >= 11 is 0. The van der Waals surface area contributed by atoms with Gasteiger partial charge in [-0.1, -0.05) is 48.5 Å². The van der Waals surface area contributed by atoms with Gasteiger partial charge in [-0.05, 0) is 30.9 Å². The summed E-state index contributed by atoms with van der Waals surface area (Å²) in [4.78, 5) is 33.3. The van der Waals surface area contributed by atoms with Crippen molar-refractivity contribution in [2.24, 2.45) is 0 Å². The number of hydrogen-bond donors (Lipinski definition) is 0. The largest absolute Gasteiger partial charge is 0.444 e. The zero-order chi connectivity index (χ0) is 21.2. The fraction of sp³-hybridized carbons (Fsp3) is 0.320. The second-order valence-corrected chi connectivity index (χ2v) is 7.92. The molecule has 2 heterocycles. The van der Waals surface area contributed by atoms with Gasteiger partial charge in [-0.3, -0.25) is 9.78 Å². The van der Waals surface area contributed by atoms with Gasteiger partial charge in [0.2, 0.25) is 6.10 Å². The van der Waals surface area contributed by atoms with E-state index in [1.807, 2.05) is 54.6 Å². The summed E-state index contributed by atoms with van der Waals surface area (Å²) in [6.07, 6.45) is 1.63. The van der Waals surface area contributed by atoms with E-state index in [1.165, 1.54) is 0 Å². The summed E-state index contributed by atoms with van der Waals surface area (Å²) in [6.45, 7) is 1.97. The van der Waals surface area contributed by atoms with Gasteiger partial charge in [-0.2, -0.15) is 0 Å². The van der Waals surface area contributed by atoms with Crippen molar-refractivity contribution < 1.29 is 19.1 Å². The van der Waals surface area contributed by atoms with E-state index in [0.29, 0.717) is 37.4 Å². The minimum Gasteiger partial charge on any atom is -0.444 e. The zero-order valence-electron chi connectivity index (χ0n) is 17.3. The van der Waals surface area contributed by atoms with Gasteiger partial charge in [0, 0.05) is 29.7 Å². The Morgan fingerprint density at radius 3 is 2.52 bits per heavy atom. The van der Waals surface area contributed by atoms with E-state index >= 15 is 0 Å². The van der Waals surface area contributed by atoms with Crippen LogP contribution in [-0.4, -0.2) is 48.1 Å². The quantitative estimate of drug-likeness (QED) is 0.609. The van der Waals surface area contributed by atoms with Crippen LogP contribution >= 0.6 is 0 Å². The number of fused-ring (bicyclic) bond motifs is 2. The van der Waals surface area contributed by atoms with Crippen LogP contribution in [0.25, 0.3) is 10.9 Å². The first-order valence-electron chi connectivity index (χ1n) is 10.8. The maximum absolute atomic E-state index is 13.5. The third kappa shape index (κ3) is 3.79. The summed E-state index contributed by atoms with van der Waals surface area (Å²) in [5.41, 5.74) is 3.91. The lowest BCUT2D eigenvalue weighted by molar-refractivity contribution is -0.145. The molecule has 0 unspecified atom stereocenters. The summed E-state index contributed by atoms with van der Waals surface area (Å²) in [6, 6.07) is 16.9. The van der Waals surface area contributed by atoms with Gasteiger partial charge >= 0.3 is 5.97 Å². The third-order valence-corrected chi connectivity index (χ3v) is 6.00. The molecule has 1 atom stereocenters. The van der Waals surface area contributed by atoms with Crippen molar-refractivity contribution in [2.75, 3.05) is 26.3 Å². The van der Waals surface area contributed by atoms with Crippen molar-refractivity contribution in [3.63, 3.8) is 0 Å². The number of pyridine rings is 1. The number of carbonyl (C=O) groups is 2. The molecule has 3 aromatic rings. The minimum absolute atomic E-state index is 0.210. The van der Waals surface area contributed by atoms with Crippen LogP contribution in [0.4, 0.5) is 0 Å². The number of ether oxygens (including phenoxy) is 2. The first kappa shape index (κ1) is 19.7. The lowest BCUT2D eigenvalue weighted by Gasteiger charge is -2.30. The molecule has 1 saturated heterocycles. The van der Waals surface area contributed by atoms with E-state index in [4.69, 9.17) is 14.5 Å². The van der Waals surface area contributed by atoms with Crippen LogP contribution in [0.2, 0.25) is 0 Å². The number of rotatable bonds is 4. The highest BCUT2D eigenvalue weighted by atomic mass is 16.5. The Morgan fingerprint density at radius 2 is 1.71 bits per heavy atom. The highest BCUT2D eigenvalue weighted by Crippen LogP contribution is 2.32. The average Bonchev–Trinajstić information content (AvgIpc) is 3.29. The minimum atomic E-state index is -0.990. The number of nitrogens with zero attached hydrogens (tertiary/aromatic N) is 2. The van der Waals surface area contributed by atoms with Crippen molar-refractivity contribution in [3.05, 3.63) is 77.0 Å². The Bertz CT molecular complexity index is 1120. The predicted molar refractivity (Wildman–Crippen MR) is 116 cm³/mol. The van der Waals surface area contributed by atoms with Crippen LogP contribution in [0, 0.1) is 0 Å². The molecular weight excluding hydrogens is 392 g/mol. The number of amides is 1. The molecule has 1 aliphatic heterocycles. The summed E-state index contributed by atoms with van der Waals surface area (Å²) < 4.78 is 11.3. The number of aromatic nitrogens is 1. The molecule has 1 aromatic heterocycles. The lowest BCUT2D eigenvalue weighted by atomic mass is 10.0. The fourth-order valence-corrected chi connectivity index (χ4v) is 4.45. The molecule has 158 valence electrons. The molecular formula is C25H24N2O4. The lowest BCUT2D eigenvalue weighted by Crippen LogP contribution is -2.44. The second kappa shape index (κ2) is 8.47. The Labute approximate surface area is 180 Å². The number of hydrogen-bond acceptors (Lipinski definition) is 5. The number of benzene rings is 2. The Balaban J connectivity index is 1.53. The topological polar surface area (TPSA) is 68.7 Å². The fourth-order valence-electron chi connectivity index (χ4n) is 4.45. The second-order valence-electron chi connectivity index (χ2n) is 7.92. The number of morpholine rings is 1. The summed E-state index contributed by atoms with van der Waals surface area (Å²) in [5.74, 6) is -0.676. The van der Waals surface area contributed by atoms with Crippen LogP contribution < -0.4 is 0 Å². The highest BCUT2D eigenvalue weighted by Gasteiger charge is 2.33. The summed E-state index contributed by atoms with van der Waals surface area (Å²) in [7, 11) is 0. The maximum atomic E-state index is 13.5. The predicted octanol–water partition coefficient (Wildman–Crippen LogP) is 3.48. The van der Waals surface area contributed by atoms with Crippen LogP contribution in [0.5, 0.6) is 0 Å². The molecule has 0 saturated carbocycles. The van der Waals surface area contributed by atoms with Crippen molar-refractivity contribution in [1.82, 2.24) is 9.88 Å². The molecule has 6 nitrogen and oxygen atoms in total. The Morgan fingerprint density at radius 1 is 0.968 bits per heavy atom. The van der Waals surface area contributed by atoms with Crippen LogP contribution in [0.1, 0.15) is 39.7 Å².